The van der Waals surface area contributed by atoms with Gasteiger partial charge in [0.1, 0.15) is 0 Å². The van der Waals surface area contributed by atoms with Crippen molar-refractivity contribution in [1.82, 2.24) is 0 Å². The largest absolute Gasteiger partial charge is 0.505 e. The number of rotatable bonds is 0. The van der Waals surface area contributed by atoms with Crippen molar-refractivity contribution >= 4 is 5.69 Å². The summed E-state index contributed by atoms with van der Waals surface area (Å²) in [5.74, 6) is 11.1. The molecule has 0 atom stereocenters. The number of nitrogens with two attached hydrogens (primary N) is 1. The molecule has 0 heterocycles. The Labute approximate surface area is 106 Å². The third-order valence-electron chi connectivity index (χ3n) is 2.31. The van der Waals surface area contributed by atoms with E-state index in [0.29, 0.717) is 11.3 Å². The highest BCUT2D eigenvalue weighted by molar-refractivity contribution is 5.61. The zero-order chi connectivity index (χ0) is 12.8. The Morgan fingerprint density at radius 1 is 0.833 bits per heavy atom. The summed E-state index contributed by atoms with van der Waals surface area (Å²) in [4.78, 5) is 0. The van der Waals surface area contributed by atoms with Gasteiger partial charge < -0.3 is 10.8 Å². The predicted molar refractivity (Wildman–Crippen MR) is 72.7 cm³/mol. The monoisotopic (exact) mass is 233 g/mol. The molecular weight excluding hydrogens is 222 g/mol. The van der Waals surface area contributed by atoms with Crippen LogP contribution in [0.1, 0.15) is 11.1 Å². The summed E-state index contributed by atoms with van der Waals surface area (Å²) >= 11 is 0. The average molecular weight is 233 g/mol. The predicted octanol–water partition coefficient (Wildman–Crippen LogP) is 2.38. The lowest BCUT2D eigenvalue weighted by atomic mass is 10.2. The van der Waals surface area contributed by atoms with Gasteiger partial charge in [-0.25, -0.2) is 0 Å². The highest BCUT2D eigenvalue weighted by Crippen LogP contribution is 2.22. The van der Waals surface area contributed by atoms with Crippen LogP contribution in [-0.4, -0.2) is 5.11 Å². The molecular formula is C16H11NO. The summed E-state index contributed by atoms with van der Waals surface area (Å²) in [5.41, 5.74) is 7.27. The maximum absolute atomic E-state index is 9.64. The molecule has 2 rings (SSSR count). The molecule has 3 N–H and O–H groups in total. The number of hydrogen-bond acceptors (Lipinski definition) is 2. The first-order chi connectivity index (χ1) is 8.77. The van der Waals surface area contributed by atoms with Gasteiger partial charge in [0.15, 0.2) is 5.75 Å². The normalized spacial score (nSPS) is 8.67. The summed E-state index contributed by atoms with van der Waals surface area (Å²) in [5, 5.41) is 9.64. The second-order valence-corrected chi connectivity index (χ2v) is 3.61. The van der Waals surface area contributed by atoms with E-state index in [1.807, 2.05) is 30.3 Å². The second-order valence-electron chi connectivity index (χ2n) is 3.61. The molecule has 0 aromatic heterocycles. The molecule has 0 aliphatic rings. The van der Waals surface area contributed by atoms with Gasteiger partial charge in [-0.2, -0.15) is 0 Å². The van der Waals surface area contributed by atoms with Gasteiger partial charge in [-0.3, -0.25) is 0 Å². The number of hydrogen-bond donors (Lipinski definition) is 2. The van der Waals surface area contributed by atoms with Gasteiger partial charge >= 0.3 is 0 Å². The fourth-order valence-corrected chi connectivity index (χ4v) is 1.39. The van der Waals surface area contributed by atoms with Crippen molar-refractivity contribution in [3.8, 4) is 29.4 Å². The van der Waals surface area contributed by atoms with E-state index in [2.05, 4.69) is 23.7 Å². The van der Waals surface area contributed by atoms with Crippen LogP contribution in [0.2, 0.25) is 0 Å². The standard InChI is InChI=1S/C16H11NO/c17-15-12-6-11-14(16(15)18)10-5-4-9-13-7-2-1-3-8-13/h1-3,6-8,11-12,18H,17H2. The first-order valence-electron chi connectivity index (χ1n) is 5.42. The van der Waals surface area contributed by atoms with E-state index in [9.17, 15) is 5.11 Å². The minimum Gasteiger partial charge on any atom is -0.505 e. The first-order valence-corrected chi connectivity index (χ1v) is 5.42. The number of phenolic OH excluding ortho intramolecular Hbond substituents is 1. The molecule has 2 heteroatoms. The fraction of sp³-hybridized carbons (Fsp3) is 0. The van der Waals surface area contributed by atoms with Crippen LogP contribution in [0.25, 0.3) is 0 Å². The Morgan fingerprint density at radius 2 is 1.56 bits per heavy atom. The van der Waals surface area contributed by atoms with Gasteiger partial charge in [0.05, 0.1) is 11.3 Å². The molecule has 0 amide bonds. The highest BCUT2D eigenvalue weighted by atomic mass is 16.3. The van der Waals surface area contributed by atoms with Gasteiger partial charge in [-0.1, -0.05) is 30.2 Å². The molecule has 0 saturated heterocycles. The molecule has 0 spiro atoms. The van der Waals surface area contributed by atoms with E-state index in [4.69, 9.17) is 5.73 Å². The van der Waals surface area contributed by atoms with E-state index in [1.54, 1.807) is 18.2 Å². The summed E-state index contributed by atoms with van der Waals surface area (Å²) in [6.07, 6.45) is 0. The minimum absolute atomic E-state index is 0.00603. The quantitative estimate of drug-likeness (QED) is 0.417. The van der Waals surface area contributed by atoms with Gasteiger partial charge in [0.2, 0.25) is 0 Å². The number of nitrogen functional groups attached to an aromatic ring is 1. The lowest BCUT2D eigenvalue weighted by Crippen LogP contribution is -1.86. The van der Waals surface area contributed by atoms with Crippen LogP contribution in [0.15, 0.2) is 48.5 Å². The molecule has 0 aliphatic heterocycles. The minimum atomic E-state index is 0.00603. The number of benzene rings is 2. The zero-order valence-electron chi connectivity index (χ0n) is 9.64. The van der Waals surface area contributed by atoms with Crippen LogP contribution in [0.3, 0.4) is 0 Å². The Kier molecular flexibility index (Phi) is 3.54. The van der Waals surface area contributed by atoms with E-state index in [1.165, 1.54) is 0 Å². The summed E-state index contributed by atoms with van der Waals surface area (Å²) in [6, 6.07) is 14.6. The lowest BCUT2D eigenvalue weighted by Gasteiger charge is -1.98. The molecule has 0 fully saturated rings. The average Bonchev–Trinajstić information content (AvgIpc) is 2.40. The Morgan fingerprint density at radius 3 is 2.33 bits per heavy atom. The lowest BCUT2D eigenvalue weighted by molar-refractivity contribution is 0.476. The van der Waals surface area contributed by atoms with Crippen LogP contribution >= 0.6 is 0 Å². The van der Waals surface area contributed by atoms with Gasteiger partial charge in [-0.05, 0) is 42.0 Å². The fourth-order valence-electron chi connectivity index (χ4n) is 1.39. The SMILES string of the molecule is Nc1cccc(C#CC#Cc2ccccc2)c1O. The molecule has 0 unspecified atom stereocenters. The molecule has 2 aromatic carbocycles. The van der Waals surface area contributed by atoms with Crippen LogP contribution in [0, 0.1) is 23.7 Å². The molecule has 18 heavy (non-hydrogen) atoms. The van der Waals surface area contributed by atoms with Crippen LogP contribution < -0.4 is 5.73 Å². The maximum Gasteiger partial charge on any atom is 0.154 e. The number of aromatic hydroxyl groups is 1. The van der Waals surface area contributed by atoms with Gasteiger partial charge in [0, 0.05) is 5.56 Å². The van der Waals surface area contributed by atoms with Crippen molar-refractivity contribution in [2.45, 2.75) is 0 Å². The molecule has 0 aliphatic carbocycles. The van der Waals surface area contributed by atoms with Crippen molar-refractivity contribution in [3.63, 3.8) is 0 Å². The molecule has 0 bridgehead atoms. The van der Waals surface area contributed by atoms with E-state index >= 15 is 0 Å². The first kappa shape index (κ1) is 11.6. The molecule has 2 aromatic rings. The summed E-state index contributed by atoms with van der Waals surface area (Å²) < 4.78 is 0. The molecule has 0 saturated carbocycles. The van der Waals surface area contributed by atoms with Gasteiger partial charge in [-0.15, -0.1) is 0 Å². The van der Waals surface area contributed by atoms with Crippen molar-refractivity contribution in [2.75, 3.05) is 5.73 Å². The van der Waals surface area contributed by atoms with Crippen molar-refractivity contribution < 1.29 is 5.11 Å². The van der Waals surface area contributed by atoms with E-state index in [-0.39, 0.29) is 5.75 Å². The Balaban J connectivity index is 2.19. The van der Waals surface area contributed by atoms with E-state index < -0.39 is 0 Å². The number of anilines is 1. The zero-order valence-corrected chi connectivity index (χ0v) is 9.64. The number of phenols is 1. The molecule has 2 nitrogen and oxygen atoms in total. The smallest absolute Gasteiger partial charge is 0.154 e. The highest BCUT2D eigenvalue weighted by Gasteiger charge is 1.99. The van der Waals surface area contributed by atoms with Crippen molar-refractivity contribution in [2.24, 2.45) is 0 Å². The van der Waals surface area contributed by atoms with Crippen LogP contribution in [-0.2, 0) is 0 Å². The molecule has 86 valence electrons. The van der Waals surface area contributed by atoms with E-state index in [0.717, 1.165) is 5.56 Å². The molecule has 0 radical (unpaired) electrons. The Bertz CT molecular complexity index is 667. The van der Waals surface area contributed by atoms with Crippen molar-refractivity contribution in [1.29, 1.82) is 0 Å². The maximum atomic E-state index is 9.64. The second kappa shape index (κ2) is 5.48. The topological polar surface area (TPSA) is 46.2 Å². The van der Waals surface area contributed by atoms with Crippen molar-refractivity contribution in [3.05, 3.63) is 59.7 Å². The number of para-hydroxylation sites is 1. The van der Waals surface area contributed by atoms with Crippen LogP contribution in [0.5, 0.6) is 5.75 Å². The Hall–Kier alpha value is -2.84. The summed E-state index contributed by atoms with van der Waals surface area (Å²) in [6.45, 7) is 0. The van der Waals surface area contributed by atoms with Gasteiger partial charge in [0.25, 0.3) is 0 Å². The van der Waals surface area contributed by atoms with Crippen LogP contribution in [0.4, 0.5) is 5.69 Å². The third-order valence-corrected chi connectivity index (χ3v) is 2.31. The third kappa shape index (κ3) is 2.84. The summed E-state index contributed by atoms with van der Waals surface area (Å²) in [7, 11) is 0.